The fraction of sp³-hybridized carbons (Fsp3) is 0.167. The third kappa shape index (κ3) is 3.59. The number of nitrogens with zero attached hydrogens (tertiary/aromatic N) is 2. The number of anilines is 2. The lowest BCUT2D eigenvalue weighted by molar-refractivity contribution is 0.163. The van der Waals surface area contributed by atoms with Crippen molar-refractivity contribution in [2.75, 3.05) is 17.3 Å². The summed E-state index contributed by atoms with van der Waals surface area (Å²) in [5.41, 5.74) is 3.16. The predicted octanol–water partition coefficient (Wildman–Crippen LogP) is 2.11. The first-order valence-corrected chi connectivity index (χ1v) is 5.62. The molecule has 1 heterocycles. The number of nitrogens with one attached hydrogen (secondary N) is 2. The molecule has 0 amide bonds. The van der Waals surface area contributed by atoms with Crippen molar-refractivity contribution >= 4 is 11.6 Å². The Balaban J connectivity index is 2.31. The number of aromatic nitrogens is 2. The number of hydrogen-bond donors (Lipinski definition) is 3. The molecule has 5 nitrogen and oxygen atoms in total. The molecule has 0 unspecified atom stereocenters. The quantitative estimate of drug-likeness (QED) is 0.570. The molecule has 0 saturated heterocycles. The molecule has 19 heavy (non-hydrogen) atoms. The summed E-state index contributed by atoms with van der Waals surface area (Å²) >= 11 is 0. The van der Waals surface area contributed by atoms with Crippen LogP contribution in [0.15, 0.2) is 36.4 Å². The van der Waals surface area contributed by atoms with Crippen LogP contribution in [0.25, 0.3) is 11.4 Å². The summed E-state index contributed by atoms with van der Waals surface area (Å²) < 4.78 is 24.4. The van der Waals surface area contributed by atoms with Crippen LogP contribution in [-0.2, 0) is 0 Å². The first-order chi connectivity index (χ1) is 9.19. The number of benzene rings is 1. The second kappa shape index (κ2) is 6.05. The van der Waals surface area contributed by atoms with Gasteiger partial charge in [-0.1, -0.05) is 30.3 Å². The Hall–Kier alpha value is -2.28. The van der Waals surface area contributed by atoms with Gasteiger partial charge in [-0.3, -0.25) is 0 Å². The van der Waals surface area contributed by atoms with Gasteiger partial charge >= 0.3 is 0 Å². The molecule has 2 rings (SSSR count). The minimum Gasteiger partial charge on any atom is -0.364 e. The first-order valence-electron chi connectivity index (χ1n) is 5.62. The van der Waals surface area contributed by atoms with Gasteiger partial charge < -0.3 is 10.7 Å². The summed E-state index contributed by atoms with van der Waals surface area (Å²) in [7, 11) is 0. The molecule has 100 valence electrons. The molecule has 0 bridgehead atoms. The van der Waals surface area contributed by atoms with Crippen molar-refractivity contribution in [1.82, 2.24) is 9.97 Å². The maximum absolute atomic E-state index is 12.2. The smallest absolute Gasteiger partial charge is 0.255 e. The van der Waals surface area contributed by atoms with Crippen LogP contribution >= 0.6 is 0 Å². The van der Waals surface area contributed by atoms with Crippen LogP contribution < -0.4 is 16.6 Å². The van der Waals surface area contributed by atoms with E-state index in [-0.39, 0.29) is 0 Å². The van der Waals surface area contributed by atoms with E-state index in [1.807, 2.05) is 30.3 Å². The lowest BCUT2D eigenvalue weighted by Crippen LogP contribution is -2.14. The Kier molecular flexibility index (Phi) is 4.19. The molecule has 0 spiro atoms. The molecule has 0 saturated carbocycles. The van der Waals surface area contributed by atoms with E-state index in [9.17, 15) is 8.78 Å². The molecule has 0 aliphatic carbocycles. The molecule has 4 N–H and O–H groups in total. The third-order valence-electron chi connectivity index (χ3n) is 2.34. The highest BCUT2D eigenvalue weighted by atomic mass is 19.3. The molecule has 7 heteroatoms. The molecule has 1 aromatic heterocycles. The van der Waals surface area contributed by atoms with Gasteiger partial charge in [0.1, 0.15) is 11.6 Å². The lowest BCUT2D eigenvalue weighted by atomic mass is 10.2. The standard InChI is InChI=1S/C12H13F2N5/c13-9(14)7-16-10-6-11(19-15)18-12(17-10)8-4-2-1-3-5-8/h1-6,9H,7,15H2,(H2,16,17,18,19). The summed E-state index contributed by atoms with van der Waals surface area (Å²) in [4.78, 5) is 8.35. The van der Waals surface area contributed by atoms with Crippen molar-refractivity contribution in [2.45, 2.75) is 6.43 Å². The minimum absolute atomic E-state index is 0.294. The van der Waals surface area contributed by atoms with E-state index in [1.165, 1.54) is 6.07 Å². The highest BCUT2D eigenvalue weighted by Crippen LogP contribution is 2.19. The monoisotopic (exact) mass is 265 g/mol. The van der Waals surface area contributed by atoms with E-state index in [4.69, 9.17) is 5.84 Å². The van der Waals surface area contributed by atoms with Gasteiger partial charge in [0.15, 0.2) is 5.82 Å². The van der Waals surface area contributed by atoms with E-state index >= 15 is 0 Å². The summed E-state index contributed by atoms with van der Waals surface area (Å²) in [6.07, 6.45) is -2.45. The maximum atomic E-state index is 12.2. The normalized spacial score (nSPS) is 10.5. The van der Waals surface area contributed by atoms with Gasteiger partial charge in [0.05, 0.1) is 6.54 Å². The Morgan fingerprint density at radius 2 is 1.79 bits per heavy atom. The fourth-order valence-corrected chi connectivity index (χ4v) is 1.51. The number of alkyl halides is 2. The van der Waals surface area contributed by atoms with Gasteiger partial charge in [0, 0.05) is 11.6 Å². The molecular weight excluding hydrogens is 252 g/mol. The Bertz CT molecular complexity index is 533. The Morgan fingerprint density at radius 3 is 2.42 bits per heavy atom. The van der Waals surface area contributed by atoms with Crippen molar-refractivity contribution in [1.29, 1.82) is 0 Å². The average molecular weight is 265 g/mol. The average Bonchev–Trinajstić information content (AvgIpc) is 2.45. The lowest BCUT2D eigenvalue weighted by Gasteiger charge is -2.09. The van der Waals surface area contributed by atoms with Gasteiger partial charge in [0.2, 0.25) is 0 Å². The van der Waals surface area contributed by atoms with E-state index < -0.39 is 13.0 Å². The Labute approximate surface area is 108 Å². The van der Waals surface area contributed by atoms with Crippen LogP contribution in [0, 0.1) is 0 Å². The molecule has 0 aliphatic heterocycles. The fourth-order valence-electron chi connectivity index (χ4n) is 1.51. The van der Waals surface area contributed by atoms with Crippen molar-refractivity contribution < 1.29 is 8.78 Å². The third-order valence-corrected chi connectivity index (χ3v) is 2.34. The highest BCUT2D eigenvalue weighted by Gasteiger charge is 2.08. The van der Waals surface area contributed by atoms with Crippen LogP contribution in [0.5, 0.6) is 0 Å². The summed E-state index contributed by atoms with van der Waals surface area (Å²) in [5, 5.41) is 2.53. The summed E-state index contributed by atoms with van der Waals surface area (Å²) in [6, 6.07) is 10.7. The number of nitrogens with two attached hydrogens (primary N) is 1. The Morgan fingerprint density at radius 1 is 1.11 bits per heavy atom. The van der Waals surface area contributed by atoms with Crippen LogP contribution in [0.3, 0.4) is 0 Å². The zero-order chi connectivity index (χ0) is 13.7. The van der Waals surface area contributed by atoms with E-state index in [0.717, 1.165) is 5.56 Å². The summed E-state index contributed by atoms with van der Waals surface area (Å²) in [6.45, 7) is -0.477. The van der Waals surface area contributed by atoms with Gasteiger partial charge in [-0.2, -0.15) is 0 Å². The van der Waals surface area contributed by atoms with Gasteiger partial charge in [0.25, 0.3) is 6.43 Å². The van der Waals surface area contributed by atoms with Crippen molar-refractivity contribution in [3.63, 3.8) is 0 Å². The molecule has 1 aromatic carbocycles. The van der Waals surface area contributed by atoms with Gasteiger partial charge in [-0.15, -0.1) is 0 Å². The SMILES string of the molecule is NNc1cc(NCC(F)F)nc(-c2ccccc2)n1. The molecule has 0 aliphatic rings. The first kappa shape index (κ1) is 13.2. The number of hydrogen-bond acceptors (Lipinski definition) is 5. The van der Waals surface area contributed by atoms with E-state index in [1.54, 1.807) is 0 Å². The molecule has 0 radical (unpaired) electrons. The minimum atomic E-state index is -2.45. The zero-order valence-electron chi connectivity index (χ0n) is 9.98. The number of nitrogen functional groups attached to an aromatic ring is 1. The van der Waals surface area contributed by atoms with Crippen molar-refractivity contribution in [2.24, 2.45) is 5.84 Å². The highest BCUT2D eigenvalue weighted by molar-refractivity contribution is 5.60. The largest absolute Gasteiger partial charge is 0.364 e. The van der Waals surface area contributed by atoms with Crippen LogP contribution in [0.4, 0.5) is 20.4 Å². The number of halogens is 2. The topological polar surface area (TPSA) is 75.9 Å². The van der Waals surface area contributed by atoms with Crippen LogP contribution in [0.2, 0.25) is 0 Å². The maximum Gasteiger partial charge on any atom is 0.255 e. The molecule has 0 atom stereocenters. The van der Waals surface area contributed by atoms with E-state index in [0.29, 0.717) is 17.5 Å². The molecule has 0 fully saturated rings. The van der Waals surface area contributed by atoms with Crippen molar-refractivity contribution in [3.8, 4) is 11.4 Å². The number of rotatable bonds is 5. The zero-order valence-corrected chi connectivity index (χ0v) is 9.98. The summed E-state index contributed by atoms with van der Waals surface area (Å²) in [5.74, 6) is 6.36. The molecular formula is C12H13F2N5. The van der Waals surface area contributed by atoms with Crippen molar-refractivity contribution in [3.05, 3.63) is 36.4 Å². The predicted molar refractivity (Wildman–Crippen MR) is 69.8 cm³/mol. The second-order valence-electron chi connectivity index (χ2n) is 3.74. The van der Waals surface area contributed by atoms with E-state index in [2.05, 4.69) is 20.7 Å². The number of hydrazine groups is 1. The van der Waals surface area contributed by atoms with Crippen LogP contribution in [-0.4, -0.2) is 22.9 Å². The van der Waals surface area contributed by atoms with Gasteiger partial charge in [-0.05, 0) is 0 Å². The van der Waals surface area contributed by atoms with Crippen LogP contribution in [0.1, 0.15) is 0 Å². The second-order valence-corrected chi connectivity index (χ2v) is 3.74. The molecule has 2 aromatic rings. The van der Waals surface area contributed by atoms with Gasteiger partial charge in [-0.25, -0.2) is 24.6 Å².